The summed E-state index contributed by atoms with van der Waals surface area (Å²) in [5.41, 5.74) is 0. The summed E-state index contributed by atoms with van der Waals surface area (Å²) in [6.45, 7) is 6.51. The average Bonchev–Trinajstić information content (AvgIpc) is 3.43. The van der Waals surface area contributed by atoms with Crippen molar-refractivity contribution in [2.45, 2.75) is 361 Å². The van der Waals surface area contributed by atoms with Gasteiger partial charge in [-0.25, -0.2) is 0 Å². The Bertz CT molecular complexity index is 1380. The van der Waals surface area contributed by atoms with Crippen LogP contribution in [0.25, 0.3) is 0 Å². The molecule has 0 spiro atoms. The van der Waals surface area contributed by atoms with Gasteiger partial charge in [0.25, 0.3) is 0 Å². The number of hydrogen-bond acceptors (Lipinski definition) is 6. The Kier molecular flexibility index (Phi) is 63.2. The van der Waals surface area contributed by atoms with E-state index in [2.05, 4.69) is 81.5 Å². The van der Waals surface area contributed by atoms with Crippen molar-refractivity contribution in [2.75, 3.05) is 13.2 Å². The molecule has 0 aliphatic carbocycles. The Labute approximate surface area is 479 Å². The van der Waals surface area contributed by atoms with Crippen LogP contribution in [0.5, 0.6) is 0 Å². The van der Waals surface area contributed by atoms with Gasteiger partial charge >= 0.3 is 17.9 Å². The van der Waals surface area contributed by atoms with Gasteiger partial charge in [0.15, 0.2) is 6.10 Å². The van der Waals surface area contributed by atoms with E-state index in [9.17, 15) is 14.4 Å². The zero-order chi connectivity index (χ0) is 55.7. The predicted molar refractivity (Wildman–Crippen MR) is 335 cm³/mol. The van der Waals surface area contributed by atoms with Gasteiger partial charge in [0.1, 0.15) is 13.2 Å². The van der Waals surface area contributed by atoms with E-state index in [4.69, 9.17) is 14.2 Å². The van der Waals surface area contributed by atoms with Crippen molar-refractivity contribution in [3.8, 4) is 0 Å². The van der Waals surface area contributed by atoms with E-state index in [1.54, 1.807) is 0 Å². The summed E-state index contributed by atoms with van der Waals surface area (Å²) < 4.78 is 16.9. The van der Waals surface area contributed by atoms with Gasteiger partial charge in [0, 0.05) is 19.3 Å². The Morgan fingerprint density at radius 2 is 0.506 bits per heavy atom. The molecule has 0 bridgehead atoms. The number of esters is 3. The van der Waals surface area contributed by atoms with Crippen molar-refractivity contribution >= 4 is 17.9 Å². The summed E-state index contributed by atoms with van der Waals surface area (Å²) in [4.78, 5) is 38.2. The van der Waals surface area contributed by atoms with Gasteiger partial charge in [-0.05, 0) is 83.5 Å². The molecule has 448 valence electrons. The smallest absolute Gasteiger partial charge is 0.306 e. The number of ether oxygens (including phenoxy) is 3. The minimum Gasteiger partial charge on any atom is -0.462 e. The van der Waals surface area contributed by atoms with Crippen molar-refractivity contribution in [1.82, 2.24) is 0 Å². The molecule has 0 aromatic rings. The number of rotatable bonds is 62. The summed E-state index contributed by atoms with van der Waals surface area (Å²) in [6, 6.07) is 0. The maximum absolute atomic E-state index is 12.9. The summed E-state index contributed by atoms with van der Waals surface area (Å²) in [7, 11) is 0. The number of carbonyl (C=O) groups is 3. The molecule has 1 unspecified atom stereocenters. The Balaban J connectivity index is 4.14. The number of allylic oxidation sites excluding steroid dienone is 10. The lowest BCUT2D eigenvalue weighted by molar-refractivity contribution is -0.167. The lowest BCUT2D eigenvalue weighted by Crippen LogP contribution is -2.30. The fraction of sp³-hybridized carbons (Fsp3) is 0.817. The largest absolute Gasteiger partial charge is 0.462 e. The lowest BCUT2D eigenvalue weighted by atomic mass is 10.0. The zero-order valence-electron chi connectivity index (χ0n) is 51.5. The number of hydrogen-bond donors (Lipinski definition) is 0. The van der Waals surface area contributed by atoms with Crippen LogP contribution in [0.1, 0.15) is 355 Å². The Hall–Kier alpha value is -2.89. The number of carbonyl (C=O) groups excluding carboxylic acids is 3. The maximum atomic E-state index is 12.9. The molecule has 0 aromatic carbocycles. The summed E-state index contributed by atoms with van der Waals surface area (Å²) >= 11 is 0. The molecule has 0 aromatic heterocycles. The van der Waals surface area contributed by atoms with Crippen molar-refractivity contribution in [1.29, 1.82) is 0 Å². The van der Waals surface area contributed by atoms with Crippen LogP contribution in [-0.2, 0) is 28.6 Å². The minimum absolute atomic E-state index is 0.0867. The van der Waals surface area contributed by atoms with E-state index in [0.717, 1.165) is 109 Å². The maximum Gasteiger partial charge on any atom is 0.306 e. The summed E-state index contributed by atoms with van der Waals surface area (Å²) in [5, 5.41) is 0. The van der Waals surface area contributed by atoms with Crippen LogP contribution >= 0.6 is 0 Å². The van der Waals surface area contributed by atoms with Crippen molar-refractivity contribution in [3.05, 3.63) is 60.8 Å². The highest BCUT2D eigenvalue weighted by atomic mass is 16.6. The fourth-order valence-electron chi connectivity index (χ4n) is 9.96. The monoisotopic (exact) mass is 1080 g/mol. The number of unbranched alkanes of at least 4 members (excludes halogenated alkanes) is 41. The first-order valence-corrected chi connectivity index (χ1v) is 33.8. The van der Waals surface area contributed by atoms with Gasteiger partial charge in [-0.2, -0.15) is 0 Å². The third-order valence-corrected chi connectivity index (χ3v) is 15.0. The normalized spacial score (nSPS) is 12.4. The standard InChI is InChI=1S/C71H128O6/c1-4-7-10-13-16-19-22-25-27-28-29-30-31-32-33-34-35-36-37-38-39-40-41-42-44-46-49-52-55-58-61-64-70(73)76-67-68(66-75-69(72)63-60-57-54-51-48-45-24-21-18-15-12-9-6-3)77-71(74)65-62-59-56-53-50-47-43-26-23-20-17-14-11-8-5-2/h9,12,17-18,20-21,26,43,45,48,68H,4-8,10-11,13-16,19,22-25,27-42,44,46-47,49-67H2,1-3H3/b12-9-,20-17-,21-18-,43-26-,48-45-. The SMILES string of the molecule is CC/C=C\C/C=C\C/C=C\CCCCCC(=O)OCC(COC(=O)CCCCCCCCCCCCCCCCCCCCCCCCCCCCCCCCC)OC(=O)CCCCCCC/C=C\C/C=C\CCCCC. The molecule has 0 radical (unpaired) electrons. The van der Waals surface area contributed by atoms with E-state index in [-0.39, 0.29) is 31.1 Å². The van der Waals surface area contributed by atoms with Crippen LogP contribution in [-0.4, -0.2) is 37.2 Å². The second-order valence-corrected chi connectivity index (χ2v) is 22.7. The molecule has 0 N–H and O–H groups in total. The van der Waals surface area contributed by atoms with Crippen LogP contribution < -0.4 is 0 Å². The molecule has 0 aliphatic rings. The molecule has 0 saturated carbocycles. The van der Waals surface area contributed by atoms with Crippen molar-refractivity contribution in [2.24, 2.45) is 0 Å². The van der Waals surface area contributed by atoms with Gasteiger partial charge in [0.2, 0.25) is 0 Å². The van der Waals surface area contributed by atoms with Crippen LogP contribution in [0, 0.1) is 0 Å². The first-order chi connectivity index (χ1) is 38.0. The van der Waals surface area contributed by atoms with Crippen LogP contribution in [0.3, 0.4) is 0 Å². The van der Waals surface area contributed by atoms with Crippen LogP contribution in [0.4, 0.5) is 0 Å². The van der Waals surface area contributed by atoms with E-state index >= 15 is 0 Å². The fourth-order valence-corrected chi connectivity index (χ4v) is 9.96. The highest BCUT2D eigenvalue weighted by Crippen LogP contribution is 2.18. The third-order valence-electron chi connectivity index (χ3n) is 15.0. The van der Waals surface area contributed by atoms with Gasteiger partial charge in [-0.15, -0.1) is 0 Å². The molecule has 0 heterocycles. The molecule has 0 rings (SSSR count). The molecule has 0 fully saturated rings. The van der Waals surface area contributed by atoms with Gasteiger partial charge in [-0.1, -0.05) is 313 Å². The Morgan fingerprint density at radius 3 is 0.831 bits per heavy atom. The second kappa shape index (κ2) is 65.6. The van der Waals surface area contributed by atoms with E-state index in [0.29, 0.717) is 19.3 Å². The first kappa shape index (κ1) is 74.1. The zero-order valence-corrected chi connectivity index (χ0v) is 51.5. The molecule has 1 atom stereocenters. The molecule has 0 amide bonds. The van der Waals surface area contributed by atoms with E-state index in [1.165, 1.54) is 205 Å². The van der Waals surface area contributed by atoms with Crippen molar-refractivity contribution < 1.29 is 28.6 Å². The summed E-state index contributed by atoms with van der Waals surface area (Å²) in [5.74, 6) is -0.915. The molecule has 0 aliphatic heterocycles. The highest BCUT2D eigenvalue weighted by molar-refractivity contribution is 5.71. The molecular formula is C71H128O6. The highest BCUT2D eigenvalue weighted by Gasteiger charge is 2.19. The van der Waals surface area contributed by atoms with Gasteiger partial charge in [0.05, 0.1) is 0 Å². The second-order valence-electron chi connectivity index (χ2n) is 22.7. The van der Waals surface area contributed by atoms with Crippen LogP contribution in [0.15, 0.2) is 60.8 Å². The van der Waals surface area contributed by atoms with E-state index in [1.807, 2.05) is 0 Å². The third kappa shape index (κ3) is 63.8. The van der Waals surface area contributed by atoms with Crippen molar-refractivity contribution in [3.63, 3.8) is 0 Å². The Morgan fingerprint density at radius 1 is 0.273 bits per heavy atom. The molecule has 0 saturated heterocycles. The quantitative estimate of drug-likeness (QED) is 0.0261. The topological polar surface area (TPSA) is 78.9 Å². The first-order valence-electron chi connectivity index (χ1n) is 33.8. The predicted octanol–water partition coefficient (Wildman–Crippen LogP) is 23.1. The van der Waals surface area contributed by atoms with E-state index < -0.39 is 6.10 Å². The van der Waals surface area contributed by atoms with Crippen LogP contribution in [0.2, 0.25) is 0 Å². The molecule has 77 heavy (non-hydrogen) atoms. The molecular weight excluding hydrogens is 949 g/mol. The average molecular weight is 1080 g/mol. The molecule has 6 heteroatoms. The molecule has 6 nitrogen and oxygen atoms in total. The summed E-state index contributed by atoms with van der Waals surface area (Å²) in [6.07, 6.45) is 84.1. The minimum atomic E-state index is -0.793. The lowest BCUT2D eigenvalue weighted by Gasteiger charge is -2.18. The van der Waals surface area contributed by atoms with Gasteiger partial charge in [-0.3, -0.25) is 14.4 Å². The van der Waals surface area contributed by atoms with Gasteiger partial charge < -0.3 is 14.2 Å².